The topological polar surface area (TPSA) is 97.0 Å². The molecule has 8 nitrogen and oxygen atoms in total. The minimum absolute atomic E-state index is 0.213. The molecule has 1 spiro atoms. The summed E-state index contributed by atoms with van der Waals surface area (Å²) >= 11 is 0. The Labute approximate surface area is 179 Å². The van der Waals surface area contributed by atoms with E-state index in [1.54, 1.807) is 6.07 Å². The average molecular weight is 421 g/mol. The maximum Gasteiger partial charge on any atom is 0.325 e. The Morgan fingerprint density at radius 3 is 2.77 bits per heavy atom. The number of carbonyl (C=O) groups excluding carboxylic acids is 3. The maximum atomic E-state index is 13.3. The number of hydrogen-bond donors (Lipinski definition) is 2. The third kappa shape index (κ3) is 3.37. The van der Waals surface area contributed by atoms with E-state index in [9.17, 15) is 14.4 Å². The van der Waals surface area contributed by atoms with Crippen LogP contribution >= 0.6 is 0 Å². The second-order valence-corrected chi connectivity index (χ2v) is 8.04. The Morgan fingerprint density at radius 2 is 1.90 bits per heavy atom. The van der Waals surface area contributed by atoms with Crippen LogP contribution in [0.2, 0.25) is 0 Å². The van der Waals surface area contributed by atoms with Crippen molar-refractivity contribution in [2.24, 2.45) is 0 Å². The van der Waals surface area contributed by atoms with Gasteiger partial charge in [-0.15, -0.1) is 0 Å². The normalized spacial score (nSPS) is 24.0. The smallest absolute Gasteiger partial charge is 0.325 e. The number of nitrogens with zero attached hydrogens (tertiary/aromatic N) is 1. The highest BCUT2D eigenvalue weighted by Crippen LogP contribution is 2.39. The first-order valence-corrected chi connectivity index (χ1v) is 10.4. The molecule has 5 rings (SSSR count). The average Bonchev–Trinajstić information content (AvgIpc) is 3.02. The van der Waals surface area contributed by atoms with Crippen molar-refractivity contribution < 1.29 is 23.9 Å². The van der Waals surface area contributed by atoms with Crippen molar-refractivity contribution in [1.82, 2.24) is 15.5 Å². The predicted octanol–water partition coefficient (Wildman–Crippen LogP) is 1.73. The van der Waals surface area contributed by atoms with Gasteiger partial charge in [-0.3, -0.25) is 14.5 Å². The minimum Gasteiger partial charge on any atom is -0.486 e. The van der Waals surface area contributed by atoms with Gasteiger partial charge in [0.2, 0.25) is 5.91 Å². The van der Waals surface area contributed by atoms with E-state index < -0.39 is 17.5 Å². The molecule has 0 unspecified atom stereocenters. The van der Waals surface area contributed by atoms with Crippen LogP contribution < -0.4 is 20.1 Å². The third-order valence-electron chi connectivity index (χ3n) is 6.05. The van der Waals surface area contributed by atoms with E-state index in [2.05, 4.69) is 10.6 Å². The summed E-state index contributed by atoms with van der Waals surface area (Å²) in [4.78, 5) is 39.4. The number of amides is 4. The quantitative estimate of drug-likeness (QED) is 0.733. The molecule has 3 aliphatic rings. The summed E-state index contributed by atoms with van der Waals surface area (Å²) in [5.41, 5.74) is 0.813. The summed E-state index contributed by atoms with van der Waals surface area (Å²) in [6.45, 7) is 0.184. The van der Waals surface area contributed by atoms with Crippen LogP contribution in [0.1, 0.15) is 24.0 Å². The summed E-state index contributed by atoms with van der Waals surface area (Å²) in [7, 11) is 0. The van der Waals surface area contributed by atoms with Crippen molar-refractivity contribution in [2.75, 3.05) is 19.7 Å². The fourth-order valence-corrected chi connectivity index (χ4v) is 4.55. The monoisotopic (exact) mass is 421 g/mol. The lowest BCUT2D eigenvalue weighted by atomic mass is 9.76. The molecule has 2 aromatic carbocycles. The molecule has 0 aromatic heterocycles. The van der Waals surface area contributed by atoms with E-state index in [4.69, 9.17) is 9.47 Å². The van der Waals surface area contributed by atoms with E-state index in [-0.39, 0.29) is 25.1 Å². The van der Waals surface area contributed by atoms with Gasteiger partial charge in [-0.05, 0) is 42.5 Å². The number of rotatable bonds is 4. The summed E-state index contributed by atoms with van der Waals surface area (Å²) in [6, 6.07) is 14.5. The molecule has 31 heavy (non-hydrogen) atoms. The minimum atomic E-state index is -1.07. The van der Waals surface area contributed by atoms with Crippen LogP contribution in [0.25, 0.3) is 0 Å². The van der Waals surface area contributed by atoms with Crippen molar-refractivity contribution in [3.05, 3.63) is 59.7 Å². The molecular weight excluding hydrogens is 398 g/mol. The number of urea groups is 1. The van der Waals surface area contributed by atoms with E-state index in [0.717, 1.165) is 28.9 Å². The third-order valence-corrected chi connectivity index (χ3v) is 6.05. The van der Waals surface area contributed by atoms with Crippen LogP contribution in [-0.2, 0) is 21.5 Å². The van der Waals surface area contributed by atoms with Gasteiger partial charge in [0.05, 0.1) is 6.54 Å². The zero-order chi connectivity index (χ0) is 21.4. The van der Waals surface area contributed by atoms with Crippen LogP contribution in [-0.4, -0.2) is 48.5 Å². The Bertz CT molecular complexity index is 1060. The van der Waals surface area contributed by atoms with Gasteiger partial charge in [0.1, 0.15) is 24.8 Å². The molecule has 0 radical (unpaired) electrons. The number of aryl methyl sites for hydroxylation is 1. The molecule has 2 heterocycles. The molecule has 1 aliphatic carbocycles. The lowest BCUT2D eigenvalue weighted by Gasteiger charge is -2.33. The van der Waals surface area contributed by atoms with E-state index in [1.165, 1.54) is 0 Å². The number of imide groups is 1. The Hall–Kier alpha value is -3.55. The largest absolute Gasteiger partial charge is 0.486 e. The van der Waals surface area contributed by atoms with Gasteiger partial charge < -0.3 is 20.1 Å². The molecular formula is C23H23N3O5. The summed E-state index contributed by atoms with van der Waals surface area (Å²) in [6.07, 6.45) is 1.84. The van der Waals surface area contributed by atoms with E-state index >= 15 is 0 Å². The molecule has 2 aliphatic heterocycles. The summed E-state index contributed by atoms with van der Waals surface area (Å²) in [5, 5.41) is 5.60. The number of fused-ring (bicyclic) bond motifs is 3. The molecule has 2 atom stereocenters. The van der Waals surface area contributed by atoms with Crippen molar-refractivity contribution >= 4 is 17.8 Å². The molecule has 0 bridgehead atoms. The number of benzene rings is 2. The van der Waals surface area contributed by atoms with Gasteiger partial charge >= 0.3 is 6.03 Å². The fraction of sp³-hybridized carbons (Fsp3) is 0.348. The van der Waals surface area contributed by atoms with Gasteiger partial charge in [-0.25, -0.2) is 4.79 Å². The first-order valence-electron chi connectivity index (χ1n) is 10.4. The molecule has 1 saturated heterocycles. The van der Waals surface area contributed by atoms with Crippen LogP contribution in [0.3, 0.4) is 0 Å². The maximum absolute atomic E-state index is 13.3. The van der Waals surface area contributed by atoms with Gasteiger partial charge in [0.15, 0.2) is 11.5 Å². The van der Waals surface area contributed by atoms with Gasteiger partial charge in [0.25, 0.3) is 5.91 Å². The Kier molecular flexibility index (Phi) is 4.77. The molecule has 160 valence electrons. The molecule has 8 heteroatoms. The highest BCUT2D eigenvalue weighted by molar-refractivity contribution is 6.09. The van der Waals surface area contributed by atoms with Gasteiger partial charge in [0, 0.05) is 0 Å². The number of nitrogens with one attached hydrogen (secondary N) is 2. The zero-order valence-electron chi connectivity index (χ0n) is 16.9. The second kappa shape index (κ2) is 7.61. The fourth-order valence-electron chi connectivity index (χ4n) is 4.55. The highest BCUT2D eigenvalue weighted by Gasteiger charge is 2.54. The zero-order valence-corrected chi connectivity index (χ0v) is 16.9. The Morgan fingerprint density at radius 1 is 1.13 bits per heavy atom. The first kappa shape index (κ1) is 19.4. The standard InChI is InChI=1S/C23H23N3O5/c27-20(24-12-16-14-30-18-9-3-4-10-19(18)31-16)13-26-21(28)23(25-22(26)29)11-5-7-15-6-1-2-8-17(15)23/h1-4,6,8-10,16H,5,7,11-14H2,(H,24,27)(H,25,29)/t16-,23-/m1/s1. The van der Waals surface area contributed by atoms with E-state index in [0.29, 0.717) is 24.5 Å². The van der Waals surface area contributed by atoms with Crippen molar-refractivity contribution in [3.8, 4) is 11.5 Å². The number of hydrogen-bond acceptors (Lipinski definition) is 5. The number of carbonyl (C=O) groups is 3. The second-order valence-electron chi connectivity index (χ2n) is 8.04. The van der Waals surface area contributed by atoms with Gasteiger partial charge in [-0.2, -0.15) is 0 Å². The van der Waals surface area contributed by atoms with Crippen LogP contribution in [0.5, 0.6) is 11.5 Å². The van der Waals surface area contributed by atoms with Crippen molar-refractivity contribution in [2.45, 2.75) is 30.9 Å². The van der Waals surface area contributed by atoms with Crippen molar-refractivity contribution in [3.63, 3.8) is 0 Å². The van der Waals surface area contributed by atoms with Crippen LogP contribution in [0.15, 0.2) is 48.5 Å². The summed E-state index contributed by atoms with van der Waals surface area (Å²) in [5.74, 6) is 0.501. The molecule has 2 aromatic rings. The molecule has 2 N–H and O–H groups in total. The Balaban J connectivity index is 1.23. The van der Waals surface area contributed by atoms with Crippen molar-refractivity contribution in [1.29, 1.82) is 0 Å². The first-order chi connectivity index (χ1) is 15.1. The molecule has 1 fully saturated rings. The predicted molar refractivity (Wildman–Crippen MR) is 111 cm³/mol. The lowest BCUT2D eigenvalue weighted by Crippen LogP contribution is -2.48. The van der Waals surface area contributed by atoms with Gasteiger partial charge in [-0.1, -0.05) is 36.4 Å². The van der Waals surface area contributed by atoms with E-state index in [1.807, 2.05) is 42.5 Å². The molecule has 0 saturated carbocycles. The number of para-hydroxylation sites is 2. The number of ether oxygens (including phenoxy) is 2. The lowest BCUT2D eigenvalue weighted by molar-refractivity contribution is -0.135. The SMILES string of the molecule is O=C(CN1C(=O)N[C@@]2(CCCc3ccccc32)C1=O)NC[C@@H]1COc2ccccc2O1. The highest BCUT2D eigenvalue weighted by atomic mass is 16.6. The summed E-state index contributed by atoms with van der Waals surface area (Å²) < 4.78 is 11.5. The van der Waals surface area contributed by atoms with Crippen LogP contribution in [0, 0.1) is 0 Å². The van der Waals surface area contributed by atoms with Crippen LogP contribution in [0.4, 0.5) is 4.79 Å². The molecule has 4 amide bonds.